The Balaban J connectivity index is 1.64. The summed E-state index contributed by atoms with van der Waals surface area (Å²) in [6.45, 7) is 0.930. The number of nitrogen functional groups attached to an aromatic ring is 1. The molecule has 0 aromatic carbocycles. The number of hydrogen-bond acceptors (Lipinski definition) is 4. The molecular weight excluding hydrogens is 258 g/mol. The number of thiazole rings is 1. The maximum atomic E-state index is 12.4. The van der Waals surface area contributed by atoms with Gasteiger partial charge in [-0.2, -0.15) is 0 Å². The molecule has 4 nitrogen and oxygen atoms in total. The van der Waals surface area contributed by atoms with Crippen molar-refractivity contribution in [3.8, 4) is 0 Å². The van der Waals surface area contributed by atoms with Crippen molar-refractivity contribution in [2.24, 2.45) is 5.92 Å². The summed E-state index contributed by atoms with van der Waals surface area (Å²) < 4.78 is 0. The van der Waals surface area contributed by atoms with Crippen LogP contribution < -0.4 is 5.73 Å². The molecule has 1 unspecified atom stereocenters. The fourth-order valence-electron chi connectivity index (χ4n) is 3.59. The van der Waals surface area contributed by atoms with Crippen molar-refractivity contribution in [1.82, 2.24) is 9.88 Å². The second-order valence-corrected chi connectivity index (χ2v) is 6.58. The average Bonchev–Trinajstić information content (AvgIpc) is 3.07. The number of aromatic nitrogens is 1. The first-order chi connectivity index (χ1) is 9.24. The van der Waals surface area contributed by atoms with Crippen LogP contribution in [0.25, 0.3) is 0 Å². The lowest BCUT2D eigenvalue weighted by atomic mass is 9.96. The van der Waals surface area contributed by atoms with Crippen molar-refractivity contribution in [1.29, 1.82) is 0 Å². The van der Waals surface area contributed by atoms with E-state index in [4.69, 9.17) is 5.73 Å². The first-order valence-electron chi connectivity index (χ1n) is 7.23. The SMILES string of the molecule is Nc1nc(CC(=O)N2CCCC2C2CCCC2)cs1. The summed E-state index contributed by atoms with van der Waals surface area (Å²) in [5.41, 5.74) is 6.44. The summed E-state index contributed by atoms with van der Waals surface area (Å²) in [5.74, 6) is 0.978. The second-order valence-electron chi connectivity index (χ2n) is 5.70. The monoisotopic (exact) mass is 279 g/mol. The molecule has 1 saturated carbocycles. The van der Waals surface area contributed by atoms with Gasteiger partial charge in [0.1, 0.15) is 0 Å². The molecule has 2 N–H and O–H groups in total. The number of amides is 1. The molecule has 5 heteroatoms. The minimum absolute atomic E-state index is 0.236. The lowest BCUT2D eigenvalue weighted by molar-refractivity contribution is -0.132. The van der Waals surface area contributed by atoms with Crippen molar-refractivity contribution < 1.29 is 4.79 Å². The predicted octanol–water partition coefficient (Wildman–Crippen LogP) is 2.45. The minimum atomic E-state index is 0.236. The van der Waals surface area contributed by atoms with Crippen LogP contribution in [0.1, 0.15) is 44.2 Å². The molecule has 2 heterocycles. The van der Waals surface area contributed by atoms with Gasteiger partial charge in [-0.1, -0.05) is 12.8 Å². The van der Waals surface area contributed by atoms with E-state index in [1.807, 2.05) is 5.38 Å². The van der Waals surface area contributed by atoms with Gasteiger partial charge >= 0.3 is 0 Å². The van der Waals surface area contributed by atoms with Gasteiger partial charge in [0.2, 0.25) is 5.91 Å². The highest BCUT2D eigenvalue weighted by Gasteiger charge is 2.35. The van der Waals surface area contributed by atoms with Crippen molar-refractivity contribution >= 4 is 22.4 Å². The fraction of sp³-hybridized carbons (Fsp3) is 0.714. The Hall–Kier alpha value is -1.10. The van der Waals surface area contributed by atoms with Crippen LogP contribution in [0, 0.1) is 5.92 Å². The number of nitrogens with two attached hydrogens (primary N) is 1. The van der Waals surface area contributed by atoms with Gasteiger partial charge in [-0.3, -0.25) is 4.79 Å². The van der Waals surface area contributed by atoms with Gasteiger partial charge in [-0.05, 0) is 31.6 Å². The van der Waals surface area contributed by atoms with E-state index in [1.165, 1.54) is 43.4 Å². The summed E-state index contributed by atoms with van der Waals surface area (Å²) in [4.78, 5) is 18.8. The molecule has 1 saturated heterocycles. The Morgan fingerprint density at radius 3 is 2.84 bits per heavy atom. The van der Waals surface area contributed by atoms with Crippen LogP contribution in [-0.2, 0) is 11.2 Å². The Morgan fingerprint density at radius 2 is 2.16 bits per heavy atom. The Labute approximate surface area is 118 Å². The zero-order valence-corrected chi connectivity index (χ0v) is 12.0. The Bertz CT molecular complexity index is 453. The van der Waals surface area contributed by atoms with Gasteiger partial charge in [0.25, 0.3) is 0 Å². The molecule has 1 aromatic heterocycles. The zero-order valence-electron chi connectivity index (χ0n) is 11.2. The third-order valence-corrected chi connectivity index (χ3v) is 5.19. The molecule has 1 atom stereocenters. The third-order valence-electron chi connectivity index (χ3n) is 4.47. The molecule has 0 spiro atoms. The highest BCUT2D eigenvalue weighted by atomic mass is 32.1. The van der Waals surface area contributed by atoms with E-state index in [-0.39, 0.29) is 5.91 Å². The Morgan fingerprint density at radius 1 is 1.37 bits per heavy atom. The van der Waals surface area contributed by atoms with Gasteiger partial charge < -0.3 is 10.6 Å². The summed E-state index contributed by atoms with van der Waals surface area (Å²) in [6.07, 6.45) is 8.05. The van der Waals surface area contributed by atoms with E-state index < -0.39 is 0 Å². The molecule has 3 rings (SSSR count). The molecular formula is C14H21N3OS. The molecule has 0 radical (unpaired) electrons. The number of rotatable bonds is 3. The molecule has 0 bridgehead atoms. The zero-order chi connectivity index (χ0) is 13.2. The van der Waals surface area contributed by atoms with Crippen molar-refractivity contribution in [3.05, 3.63) is 11.1 Å². The average molecular weight is 279 g/mol. The molecule has 2 fully saturated rings. The third kappa shape index (κ3) is 2.76. The predicted molar refractivity (Wildman–Crippen MR) is 76.9 cm³/mol. The molecule has 2 aliphatic rings. The van der Waals surface area contributed by atoms with Gasteiger partial charge in [-0.15, -0.1) is 11.3 Å². The van der Waals surface area contributed by atoms with E-state index in [0.29, 0.717) is 17.6 Å². The molecule has 1 amide bonds. The number of carbonyl (C=O) groups is 1. The van der Waals surface area contributed by atoms with E-state index in [9.17, 15) is 4.79 Å². The minimum Gasteiger partial charge on any atom is -0.375 e. The maximum Gasteiger partial charge on any atom is 0.228 e. The summed E-state index contributed by atoms with van der Waals surface area (Å²) in [7, 11) is 0. The van der Waals surface area contributed by atoms with Gasteiger partial charge in [0.05, 0.1) is 12.1 Å². The van der Waals surface area contributed by atoms with Crippen LogP contribution in [0.5, 0.6) is 0 Å². The standard InChI is InChI=1S/C14H21N3OS/c15-14-16-11(9-19-14)8-13(18)17-7-3-6-12(17)10-4-1-2-5-10/h9-10,12H,1-8H2,(H2,15,16). The summed E-state index contributed by atoms with van der Waals surface area (Å²) >= 11 is 1.41. The van der Waals surface area contributed by atoms with Crippen LogP contribution in [0.15, 0.2) is 5.38 Å². The smallest absolute Gasteiger partial charge is 0.228 e. The number of hydrogen-bond donors (Lipinski definition) is 1. The number of anilines is 1. The van der Waals surface area contributed by atoms with E-state index in [2.05, 4.69) is 9.88 Å². The molecule has 1 aliphatic heterocycles. The first-order valence-corrected chi connectivity index (χ1v) is 8.11. The van der Waals surface area contributed by atoms with Crippen molar-refractivity contribution in [2.75, 3.05) is 12.3 Å². The first kappa shape index (κ1) is 12.9. The highest BCUT2D eigenvalue weighted by Crippen LogP contribution is 2.35. The van der Waals surface area contributed by atoms with Crippen molar-refractivity contribution in [2.45, 2.75) is 51.0 Å². The lowest BCUT2D eigenvalue weighted by Gasteiger charge is -2.29. The second kappa shape index (κ2) is 5.49. The normalized spacial score (nSPS) is 24.2. The molecule has 19 heavy (non-hydrogen) atoms. The number of nitrogens with zero attached hydrogens (tertiary/aromatic N) is 2. The summed E-state index contributed by atoms with van der Waals surface area (Å²) in [6, 6.07) is 0.492. The molecule has 104 valence electrons. The maximum absolute atomic E-state index is 12.4. The van der Waals surface area contributed by atoms with E-state index in [0.717, 1.165) is 24.6 Å². The molecule has 1 aromatic rings. The van der Waals surface area contributed by atoms with Gasteiger partial charge in [0.15, 0.2) is 5.13 Å². The van der Waals surface area contributed by atoms with Gasteiger partial charge in [-0.25, -0.2) is 4.98 Å². The highest BCUT2D eigenvalue weighted by molar-refractivity contribution is 7.13. The van der Waals surface area contributed by atoms with Crippen LogP contribution in [0.4, 0.5) is 5.13 Å². The lowest BCUT2D eigenvalue weighted by Crippen LogP contribution is -2.40. The Kier molecular flexibility index (Phi) is 3.73. The van der Waals surface area contributed by atoms with E-state index in [1.54, 1.807) is 0 Å². The quantitative estimate of drug-likeness (QED) is 0.924. The van der Waals surface area contributed by atoms with Crippen LogP contribution in [-0.4, -0.2) is 28.4 Å². The number of likely N-dealkylation sites (tertiary alicyclic amines) is 1. The van der Waals surface area contributed by atoms with Crippen molar-refractivity contribution in [3.63, 3.8) is 0 Å². The topological polar surface area (TPSA) is 59.2 Å². The van der Waals surface area contributed by atoms with Crippen LogP contribution in [0.3, 0.4) is 0 Å². The van der Waals surface area contributed by atoms with E-state index >= 15 is 0 Å². The van der Waals surface area contributed by atoms with Gasteiger partial charge in [0, 0.05) is 18.0 Å². The van der Waals surface area contributed by atoms with Crippen LogP contribution >= 0.6 is 11.3 Å². The van der Waals surface area contributed by atoms with Crippen LogP contribution in [0.2, 0.25) is 0 Å². The number of carbonyl (C=O) groups excluding carboxylic acids is 1. The summed E-state index contributed by atoms with van der Waals surface area (Å²) in [5, 5.41) is 2.45. The largest absolute Gasteiger partial charge is 0.375 e. The fourth-order valence-corrected chi connectivity index (χ4v) is 4.16. The molecule has 1 aliphatic carbocycles.